The molecule has 3 aromatic rings. The zero-order valence-corrected chi connectivity index (χ0v) is 16.5. The van der Waals surface area contributed by atoms with E-state index in [2.05, 4.69) is 86.0 Å². The number of furan rings is 1. The van der Waals surface area contributed by atoms with E-state index in [1.54, 1.807) is 0 Å². The van der Waals surface area contributed by atoms with Gasteiger partial charge in [-0.1, -0.05) is 30.3 Å². The molecular weight excluding hydrogens is 332 g/mol. The molecule has 5 rings (SSSR count). The highest BCUT2D eigenvalue weighted by Crippen LogP contribution is 2.49. The zero-order valence-electron chi connectivity index (χ0n) is 16.5. The molecule has 0 unspecified atom stereocenters. The normalized spacial score (nSPS) is 18.5. The van der Waals surface area contributed by atoms with Gasteiger partial charge in [0.1, 0.15) is 11.9 Å². The maximum absolute atomic E-state index is 6.43. The predicted octanol–water partition coefficient (Wildman–Crippen LogP) is 6.41. The molecule has 1 aromatic heterocycles. The van der Waals surface area contributed by atoms with Crippen LogP contribution >= 0.6 is 0 Å². The second kappa shape index (κ2) is 5.91. The van der Waals surface area contributed by atoms with Gasteiger partial charge in [-0.15, -0.1) is 0 Å². The van der Waals surface area contributed by atoms with E-state index in [-0.39, 0.29) is 6.17 Å². The van der Waals surface area contributed by atoms with E-state index in [9.17, 15) is 0 Å². The Morgan fingerprint density at radius 1 is 1.07 bits per heavy atom. The van der Waals surface area contributed by atoms with E-state index in [0.717, 1.165) is 24.2 Å². The van der Waals surface area contributed by atoms with Crippen molar-refractivity contribution in [3.05, 3.63) is 59.4 Å². The Labute approximate surface area is 160 Å². The van der Waals surface area contributed by atoms with Crippen molar-refractivity contribution in [2.24, 2.45) is 0 Å². The number of aryl methyl sites for hydroxylation is 2. The van der Waals surface area contributed by atoms with Crippen LogP contribution < -0.4 is 9.80 Å². The second-order valence-corrected chi connectivity index (χ2v) is 7.99. The number of hydrogen-bond donors (Lipinski definition) is 0. The molecule has 1 aliphatic heterocycles. The number of benzene rings is 2. The van der Waals surface area contributed by atoms with Crippen LogP contribution in [0.2, 0.25) is 0 Å². The summed E-state index contributed by atoms with van der Waals surface area (Å²) in [4.78, 5) is 4.96. The average Bonchev–Trinajstić information content (AvgIpc) is 3.17. The van der Waals surface area contributed by atoms with Crippen molar-refractivity contribution in [3.8, 4) is 0 Å². The highest BCUT2D eigenvalue weighted by atomic mass is 16.3. The molecule has 0 radical (unpaired) electrons. The summed E-state index contributed by atoms with van der Waals surface area (Å²) in [6.45, 7) is 9.02. The zero-order chi connectivity index (χ0) is 18.7. The summed E-state index contributed by atoms with van der Waals surface area (Å²) in [6, 6.07) is 13.6. The van der Waals surface area contributed by atoms with Gasteiger partial charge in [0.2, 0.25) is 0 Å². The fraction of sp³-hybridized carbons (Fsp3) is 0.333. The Bertz CT molecular complexity index is 1060. The predicted molar refractivity (Wildman–Crippen MR) is 114 cm³/mol. The van der Waals surface area contributed by atoms with Gasteiger partial charge in [-0.25, -0.2) is 0 Å². The topological polar surface area (TPSA) is 19.6 Å². The third kappa shape index (κ3) is 2.27. The van der Waals surface area contributed by atoms with E-state index < -0.39 is 0 Å². The maximum Gasteiger partial charge on any atom is 0.159 e. The largest absolute Gasteiger partial charge is 0.454 e. The highest BCUT2D eigenvalue weighted by Gasteiger charge is 2.37. The lowest BCUT2D eigenvalue weighted by Gasteiger charge is -2.33. The summed E-state index contributed by atoms with van der Waals surface area (Å²) in [5, 5.41) is 1.27. The molecule has 1 atom stereocenters. The summed E-state index contributed by atoms with van der Waals surface area (Å²) in [7, 11) is 0. The molecule has 138 valence electrons. The minimum absolute atomic E-state index is 0.240. The second-order valence-electron chi connectivity index (χ2n) is 7.99. The molecule has 0 spiro atoms. The van der Waals surface area contributed by atoms with E-state index in [1.165, 1.54) is 33.6 Å². The summed E-state index contributed by atoms with van der Waals surface area (Å²) in [5.41, 5.74) is 7.41. The molecule has 27 heavy (non-hydrogen) atoms. The van der Waals surface area contributed by atoms with Gasteiger partial charge >= 0.3 is 0 Å². The Balaban J connectivity index is 1.78. The van der Waals surface area contributed by atoms with Crippen molar-refractivity contribution >= 4 is 34.1 Å². The van der Waals surface area contributed by atoms with Crippen molar-refractivity contribution < 1.29 is 4.42 Å². The van der Waals surface area contributed by atoms with Crippen LogP contribution in [0.4, 0.5) is 17.1 Å². The Morgan fingerprint density at radius 2 is 1.85 bits per heavy atom. The fourth-order valence-electron chi connectivity index (χ4n) is 4.85. The quantitative estimate of drug-likeness (QED) is 0.527. The van der Waals surface area contributed by atoms with Crippen LogP contribution in [0.25, 0.3) is 17.0 Å². The summed E-state index contributed by atoms with van der Waals surface area (Å²) >= 11 is 0. The van der Waals surface area contributed by atoms with Crippen molar-refractivity contribution in [1.29, 1.82) is 0 Å². The van der Waals surface area contributed by atoms with Gasteiger partial charge in [-0.05, 0) is 64.3 Å². The van der Waals surface area contributed by atoms with Crippen molar-refractivity contribution in [2.45, 2.75) is 52.7 Å². The maximum atomic E-state index is 6.43. The smallest absolute Gasteiger partial charge is 0.159 e. The molecular formula is C24H26N2O. The van der Waals surface area contributed by atoms with Crippen LogP contribution in [0, 0.1) is 6.92 Å². The molecule has 0 saturated carbocycles. The number of allylic oxidation sites excluding steroid dienone is 1. The van der Waals surface area contributed by atoms with Crippen LogP contribution in [0.15, 0.2) is 46.9 Å². The van der Waals surface area contributed by atoms with E-state index in [0.29, 0.717) is 6.04 Å². The number of para-hydroxylation sites is 2. The standard InChI is InChI=1S/C24H26N2O/c1-15(2)25-17(4)26(21-11-7-6-10-20(21)25)23-16(3)13-14-19-18-9-5-8-12-22(18)27-24(19)23/h6-8,10-15,17H,5,9H2,1-4H3/t17-/m0/s1. The van der Waals surface area contributed by atoms with Gasteiger partial charge in [0.05, 0.1) is 17.1 Å². The van der Waals surface area contributed by atoms with Crippen molar-refractivity contribution in [3.63, 3.8) is 0 Å². The summed E-state index contributed by atoms with van der Waals surface area (Å²) < 4.78 is 6.43. The number of fused-ring (bicyclic) bond motifs is 4. The summed E-state index contributed by atoms with van der Waals surface area (Å²) in [6.07, 6.45) is 6.75. The first-order chi connectivity index (χ1) is 13.1. The number of rotatable bonds is 2. The Morgan fingerprint density at radius 3 is 2.63 bits per heavy atom. The molecule has 0 N–H and O–H groups in total. The first-order valence-electron chi connectivity index (χ1n) is 9.96. The molecule has 0 saturated heterocycles. The molecule has 0 amide bonds. The number of nitrogens with zero attached hydrogens (tertiary/aromatic N) is 2. The number of anilines is 3. The first-order valence-corrected chi connectivity index (χ1v) is 9.96. The SMILES string of the molecule is Cc1ccc2c3c(oc2c1N1c2ccccc2N(C(C)C)[C@@H]1C)C=CCC3. The lowest BCUT2D eigenvalue weighted by atomic mass is 9.99. The fourth-order valence-corrected chi connectivity index (χ4v) is 4.85. The van der Waals surface area contributed by atoms with Crippen LogP contribution in [-0.4, -0.2) is 12.2 Å². The van der Waals surface area contributed by atoms with E-state index in [1.807, 2.05) is 0 Å². The third-order valence-electron chi connectivity index (χ3n) is 5.99. The van der Waals surface area contributed by atoms with Gasteiger partial charge in [0.15, 0.2) is 5.58 Å². The van der Waals surface area contributed by atoms with Gasteiger partial charge in [-0.3, -0.25) is 0 Å². The van der Waals surface area contributed by atoms with E-state index >= 15 is 0 Å². The minimum atomic E-state index is 0.240. The monoisotopic (exact) mass is 358 g/mol. The van der Waals surface area contributed by atoms with Gasteiger partial charge in [0, 0.05) is 17.0 Å². The number of hydrogen-bond acceptors (Lipinski definition) is 3. The van der Waals surface area contributed by atoms with Gasteiger partial charge < -0.3 is 14.2 Å². The van der Waals surface area contributed by atoms with Crippen molar-refractivity contribution in [1.82, 2.24) is 0 Å². The highest BCUT2D eigenvalue weighted by molar-refractivity contribution is 6.00. The van der Waals surface area contributed by atoms with Crippen LogP contribution in [-0.2, 0) is 6.42 Å². The minimum Gasteiger partial charge on any atom is -0.454 e. The summed E-state index contributed by atoms with van der Waals surface area (Å²) in [5.74, 6) is 1.03. The Hall–Kier alpha value is -2.68. The first kappa shape index (κ1) is 16.5. The molecule has 2 heterocycles. The third-order valence-corrected chi connectivity index (χ3v) is 5.99. The molecule has 1 aliphatic carbocycles. The molecule has 3 nitrogen and oxygen atoms in total. The average molecular weight is 358 g/mol. The van der Waals surface area contributed by atoms with Crippen LogP contribution in [0.1, 0.15) is 44.1 Å². The van der Waals surface area contributed by atoms with Gasteiger partial charge in [-0.2, -0.15) is 0 Å². The Kier molecular flexibility index (Phi) is 3.61. The van der Waals surface area contributed by atoms with E-state index in [4.69, 9.17) is 4.42 Å². The van der Waals surface area contributed by atoms with Crippen LogP contribution in [0.5, 0.6) is 0 Å². The lowest BCUT2D eigenvalue weighted by molar-refractivity contribution is 0.584. The molecule has 0 bridgehead atoms. The van der Waals surface area contributed by atoms with Crippen molar-refractivity contribution in [2.75, 3.05) is 9.80 Å². The lowest BCUT2D eigenvalue weighted by Crippen LogP contribution is -2.42. The van der Waals surface area contributed by atoms with Gasteiger partial charge in [0.25, 0.3) is 0 Å². The molecule has 2 aromatic carbocycles. The molecule has 2 aliphatic rings. The molecule has 0 fully saturated rings. The van der Waals surface area contributed by atoms with Crippen LogP contribution in [0.3, 0.4) is 0 Å². The molecule has 3 heteroatoms.